The van der Waals surface area contributed by atoms with Crippen LogP contribution in [0.1, 0.15) is 46.7 Å². The average molecular weight is 511 g/mol. The number of amides is 1. The zero-order valence-electron chi connectivity index (χ0n) is 18.3. The van der Waals surface area contributed by atoms with Gasteiger partial charge in [0.2, 0.25) is 10.0 Å². The highest BCUT2D eigenvalue weighted by Crippen LogP contribution is 2.30. The lowest BCUT2D eigenvalue weighted by molar-refractivity contribution is 0.0713. The molecule has 4 rings (SSSR count). The topological polar surface area (TPSA) is 101 Å². The molecule has 0 bridgehead atoms. The van der Waals surface area contributed by atoms with Gasteiger partial charge in [-0.1, -0.05) is 29.8 Å². The summed E-state index contributed by atoms with van der Waals surface area (Å²) in [5.41, 5.74) is 2.59. The van der Waals surface area contributed by atoms with Gasteiger partial charge in [0.1, 0.15) is 0 Å². The summed E-state index contributed by atoms with van der Waals surface area (Å²) in [7, 11) is -7.21. The van der Waals surface area contributed by atoms with Gasteiger partial charge in [-0.2, -0.15) is 0 Å². The van der Waals surface area contributed by atoms with Crippen LogP contribution in [0, 0.1) is 6.92 Å². The molecule has 2 saturated heterocycles. The first-order valence-corrected chi connectivity index (χ1v) is 14.7. The van der Waals surface area contributed by atoms with E-state index >= 15 is 0 Å². The van der Waals surface area contributed by atoms with Gasteiger partial charge in [-0.15, -0.1) is 0 Å². The van der Waals surface area contributed by atoms with Gasteiger partial charge >= 0.3 is 0 Å². The van der Waals surface area contributed by atoms with Crippen LogP contribution < -0.4 is 4.72 Å². The van der Waals surface area contributed by atoms with Gasteiger partial charge in [-0.25, -0.2) is 16.8 Å². The van der Waals surface area contributed by atoms with Crippen LogP contribution in [0.4, 0.5) is 5.69 Å². The van der Waals surface area contributed by atoms with E-state index in [1.54, 1.807) is 30.0 Å². The van der Waals surface area contributed by atoms with Gasteiger partial charge in [-0.05, 0) is 67.5 Å². The third-order valence-electron chi connectivity index (χ3n) is 6.49. The molecule has 0 aromatic heterocycles. The Morgan fingerprint density at radius 3 is 2.33 bits per heavy atom. The van der Waals surface area contributed by atoms with Crippen LogP contribution in [0.15, 0.2) is 42.5 Å². The molecule has 1 N–H and O–H groups in total. The molecule has 0 saturated carbocycles. The predicted molar refractivity (Wildman–Crippen MR) is 130 cm³/mol. The number of carbonyl (C=O) groups is 1. The van der Waals surface area contributed by atoms with E-state index < -0.39 is 25.1 Å². The Balaban J connectivity index is 1.44. The zero-order valence-corrected chi connectivity index (χ0v) is 20.7. The second-order valence-corrected chi connectivity index (χ2v) is 13.4. The van der Waals surface area contributed by atoms with Crippen molar-refractivity contribution in [1.82, 2.24) is 4.90 Å². The molecule has 1 atom stereocenters. The van der Waals surface area contributed by atoms with Crippen LogP contribution in [0.3, 0.4) is 0 Å². The molecule has 2 aromatic rings. The Morgan fingerprint density at radius 1 is 1.06 bits per heavy atom. The second-order valence-electron chi connectivity index (χ2n) is 8.82. The van der Waals surface area contributed by atoms with Crippen molar-refractivity contribution in [3.63, 3.8) is 0 Å². The molecule has 33 heavy (non-hydrogen) atoms. The minimum atomic E-state index is -3.88. The summed E-state index contributed by atoms with van der Waals surface area (Å²) in [4.78, 5) is 14.9. The Bertz CT molecular complexity index is 1250. The molecule has 0 aliphatic carbocycles. The predicted octanol–water partition coefficient (Wildman–Crippen LogP) is 3.60. The third kappa shape index (κ3) is 5.53. The largest absolute Gasteiger partial charge is 0.339 e. The SMILES string of the molecule is Cc1ccc(C(=O)N2CCC(c3ccc(Cl)cc3)CC2)cc1NS(=O)(=O)C1CCS(=O)(=O)C1. The molecule has 2 fully saturated rings. The first kappa shape index (κ1) is 24.0. The number of nitrogens with zero attached hydrogens (tertiary/aromatic N) is 1. The van der Waals surface area contributed by atoms with Gasteiger partial charge < -0.3 is 4.90 Å². The van der Waals surface area contributed by atoms with Crippen LogP contribution in [0.25, 0.3) is 0 Å². The maximum absolute atomic E-state index is 13.1. The van der Waals surface area contributed by atoms with Crippen LogP contribution >= 0.6 is 11.6 Å². The lowest BCUT2D eigenvalue weighted by Gasteiger charge is -2.32. The molecule has 178 valence electrons. The number of benzene rings is 2. The number of rotatable bonds is 5. The smallest absolute Gasteiger partial charge is 0.253 e. The Labute approximate surface area is 200 Å². The molecule has 10 heteroatoms. The van der Waals surface area contributed by atoms with Crippen molar-refractivity contribution in [2.45, 2.75) is 37.4 Å². The first-order valence-electron chi connectivity index (χ1n) is 10.9. The van der Waals surface area contributed by atoms with Crippen LogP contribution in [0.2, 0.25) is 5.02 Å². The van der Waals surface area contributed by atoms with E-state index in [0.29, 0.717) is 40.8 Å². The molecular formula is C23H27ClN2O5S2. The van der Waals surface area contributed by atoms with Gasteiger partial charge in [-0.3, -0.25) is 9.52 Å². The van der Waals surface area contributed by atoms with Crippen molar-refractivity contribution in [3.8, 4) is 0 Å². The number of likely N-dealkylation sites (tertiary alicyclic amines) is 1. The number of sulfonamides is 1. The molecule has 2 aliphatic rings. The highest BCUT2D eigenvalue weighted by molar-refractivity contribution is 7.97. The Morgan fingerprint density at radius 2 is 1.73 bits per heavy atom. The molecule has 1 amide bonds. The Kier molecular flexibility index (Phi) is 6.75. The van der Waals surface area contributed by atoms with Crippen molar-refractivity contribution in [2.75, 3.05) is 29.3 Å². The number of hydrogen-bond acceptors (Lipinski definition) is 5. The number of sulfone groups is 1. The molecule has 2 heterocycles. The minimum absolute atomic E-state index is 0.0812. The maximum Gasteiger partial charge on any atom is 0.253 e. The number of hydrogen-bond donors (Lipinski definition) is 1. The van der Waals surface area contributed by atoms with Crippen LogP contribution in [0.5, 0.6) is 0 Å². The number of piperidine rings is 1. The molecule has 2 aliphatic heterocycles. The van der Waals surface area contributed by atoms with Gasteiger partial charge in [0.05, 0.1) is 22.4 Å². The van der Waals surface area contributed by atoms with Crippen molar-refractivity contribution >= 4 is 43.1 Å². The fraction of sp³-hybridized carbons (Fsp3) is 0.435. The number of carbonyl (C=O) groups excluding carboxylic acids is 1. The summed E-state index contributed by atoms with van der Waals surface area (Å²) in [6.45, 7) is 2.97. The van der Waals surface area contributed by atoms with Crippen molar-refractivity contribution in [3.05, 3.63) is 64.2 Å². The number of halogens is 1. The highest BCUT2D eigenvalue weighted by atomic mass is 35.5. The van der Waals surface area contributed by atoms with Crippen molar-refractivity contribution < 1.29 is 21.6 Å². The molecule has 0 spiro atoms. The van der Waals surface area contributed by atoms with Gasteiger partial charge in [0.15, 0.2) is 9.84 Å². The standard InChI is InChI=1S/C23H27ClN2O5S2/c1-16-2-3-19(14-22(16)25-33(30,31)21-10-13-32(28,29)15-21)23(27)26-11-8-18(9-12-26)17-4-6-20(24)7-5-17/h2-7,14,18,21,25H,8-13,15H2,1H3. The maximum atomic E-state index is 13.1. The van der Waals surface area contributed by atoms with E-state index in [0.717, 1.165) is 12.8 Å². The summed E-state index contributed by atoms with van der Waals surface area (Å²) < 4.78 is 51.4. The summed E-state index contributed by atoms with van der Waals surface area (Å²) in [5, 5.41) is -0.278. The van der Waals surface area contributed by atoms with E-state index in [4.69, 9.17) is 11.6 Å². The monoisotopic (exact) mass is 510 g/mol. The second kappa shape index (κ2) is 9.27. The first-order chi connectivity index (χ1) is 15.5. The summed E-state index contributed by atoms with van der Waals surface area (Å²) >= 11 is 5.97. The quantitative estimate of drug-likeness (QED) is 0.662. The van der Waals surface area contributed by atoms with Crippen LogP contribution in [-0.2, 0) is 19.9 Å². The van der Waals surface area contributed by atoms with Gasteiger partial charge in [0.25, 0.3) is 5.91 Å². The minimum Gasteiger partial charge on any atom is -0.339 e. The fourth-order valence-electron chi connectivity index (χ4n) is 4.44. The lowest BCUT2D eigenvalue weighted by atomic mass is 9.89. The Hall–Kier alpha value is -2.10. The number of nitrogens with one attached hydrogen (secondary N) is 1. The van der Waals surface area contributed by atoms with E-state index in [2.05, 4.69) is 4.72 Å². The third-order valence-corrected chi connectivity index (χ3v) is 10.5. The lowest BCUT2D eigenvalue weighted by Crippen LogP contribution is -2.38. The summed E-state index contributed by atoms with van der Waals surface area (Å²) in [6.07, 6.45) is 1.77. The highest BCUT2D eigenvalue weighted by Gasteiger charge is 2.37. The normalized spacial score (nSPS) is 21.2. The van der Waals surface area contributed by atoms with E-state index in [9.17, 15) is 21.6 Å². The summed E-state index contributed by atoms with van der Waals surface area (Å²) in [6, 6.07) is 12.8. The molecule has 0 radical (unpaired) electrons. The molecule has 7 nitrogen and oxygen atoms in total. The van der Waals surface area contributed by atoms with E-state index in [1.807, 2.05) is 24.3 Å². The van der Waals surface area contributed by atoms with E-state index in [-0.39, 0.29) is 23.8 Å². The fourth-order valence-corrected chi connectivity index (χ4v) is 8.72. The molecule has 2 aromatic carbocycles. The van der Waals surface area contributed by atoms with E-state index in [1.165, 1.54) is 5.56 Å². The molecular weight excluding hydrogens is 484 g/mol. The van der Waals surface area contributed by atoms with Gasteiger partial charge in [0, 0.05) is 23.7 Å². The number of anilines is 1. The summed E-state index contributed by atoms with van der Waals surface area (Å²) in [5.74, 6) is -0.271. The van der Waals surface area contributed by atoms with Crippen molar-refractivity contribution in [1.29, 1.82) is 0 Å². The van der Waals surface area contributed by atoms with Crippen molar-refractivity contribution in [2.24, 2.45) is 0 Å². The average Bonchev–Trinajstić information content (AvgIpc) is 3.16. The number of aryl methyl sites for hydroxylation is 1. The van der Waals surface area contributed by atoms with Crippen LogP contribution in [-0.4, -0.2) is 57.5 Å². The zero-order chi connectivity index (χ0) is 23.8. The molecule has 1 unspecified atom stereocenters.